The highest BCUT2D eigenvalue weighted by atomic mass is 79.9. The number of halogens is 1. The molecule has 1 aromatic carbocycles. The Balaban J connectivity index is 1.86. The second-order valence-electron chi connectivity index (χ2n) is 6.45. The number of carbonyl (C=O) groups is 1. The average molecular weight is 390 g/mol. The van der Waals surface area contributed by atoms with Gasteiger partial charge >= 0.3 is 0 Å². The van der Waals surface area contributed by atoms with Crippen LogP contribution in [0, 0.1) is 13.8 Å². The van der Waals surface area contributed by atoms with Crippen molar-refractivity contribution in [2.75, 3.05) is 20.1 Å². The topological polar surface area (TPSA) is 37.3 Å². The summed E-state index contributed by atoms with van der Waals surface area (Å²) in [5.74, 6) is 0.154. The number of likely N-dealkylation sites (tertiary alicyclic amines) is 1. The summed E-state index contributed by atoms with van der Waals surface area (Å²) in [5.41, 5.74) is 4.00. The number of nitrogens with one attached hydrogen (secondary N) is 1. The third-order valence-electron chi connectivity index (χ3n) is 4.94. The van der Waals surface area contributed by atoms with E-state index < -0.39 is 0 Å². The number of aromatic nitrogens is 1. The number of amides is 1. The second kappa shape index (κ2) is 7.11. The maximum Gasteiger partial charge on any atom is 0.255 e. The minimum absolute atomic E-state index is 0.154. The van der Waals surface area contributed by atoms with E-state index in [0.717, 1.165) is 53.0 Å². The van der Waals surface area contributed by atoms with Gasteiger partial charge in [-0.1, -0.05) is 15.9 Å². The quantitative estimate of drug-likeness (QED) is 0.868. The van der Waals surface area contributed by atoms with Crippen LogP contribution in [0.2, 0.25) is 0 Å². The number of carbonyl (C=O) groups excluding carboxylic acids is 1. The third kappa shape index (κ3) is 3.28. The Morgan fingerprint density at radius 2 is 1.79 bits per heavy atom. The summed E-state index contributed by atoms with van der Waals surface area (Å²) < 4.78 is 3.21. The Bertz CT molecular complexity index is 728. The number of nitrogens with zero attached hydrogens (tertiary/aromatic N) is 2. The van der Waals surface area contributed by atoms with Crippen molar-refractivity contribution in [1.29, 1.82) is 0 Å². The molecule has 24 heavy (non-hydrogen) atoms. The highest BCUT2D eigenvalue weighted by Gasteiger charge is 2.25. The molecule has 3 rings (SSSR count). The molecular weight excluding hydrogens is 366 g/mol. The van der Waals surface area contributed by atoms with Crippen LogP contribution in [0.15, 0.2) is 34.8 Å². The number of hydrogen-bond donors (Lipinski definition) is 1. The molecule has 4 nitrogen and oxygen atoms in total. The van der Waals surface area contributed by atoms with Gasteiger partial charge in [0.25, 0.3) is 5.91 Å². The summed E-state index contributed by atoms with van der Waals surface area (Å²) >= 11 is 3.47. The maximum absolute atomic E-state index is 13.0. The van der Waals surface area contributed by atoms with Crippen molar-refractivity contribution in [3.8, 4) is 5.69 Å². The Morgan fingerprint density at radius 1 is 1.17 bits per heavy atom. The smallest absolute Gasteiger partial charge is 0.255 e. The number of hydrogen-bond acceptors (Lipinski definition) is 2. The standard InChI is InChI=1S/C19H24BrN3O/c1-13-12-18(19(24)22-10-8-16(21-3)9-11-22)14(2)23(13)17-6-4-15(20)5-7-17/h4-7,12,16,21H,8-11H2,1-3H3. The van der Waals surface area contributed by atoms with Crippen LogP contribution < -0.4 is 5.32 Å². The van der Waals surface area contributed by atoms with Crippen LogP contribution in [0.5, 0.6) is 0 Å². The van der Waals surface area contributed by atoms with E-state index in [-0.39, 0.29) is 5.91 Å². The summed E-state index contributed by atoms with van der Waals surface area (Å²) in [6, 6.07) is 10.7. The maximum atomic E-state index is 13.0. The molecule has 0 radical (unpaired) electrons. The van der Waals surface area contributed by atoms with Crippen LogP contribution in [0.25, 0.3) is 5.69 Å². The van der Waals surface area contributed by atoms with Gasteiger partial charge in [-0.15, -0.1) is 0 Å². The molecule has 1 aliphatic heterocycles. The summed E-state index contributed by atoms with van der Waals surface area (Å²) in [5, 5.41) is 3.31. The van der Waals surface area contributed by atoms with E-state index in [9.17, 15) is 4.79 Å². The molecule has 5 heteroatoms. The van der Waals surface area contributed by atoms with Gasteiger partial charge in [0.05, 0.1) is 5.56 Å². The Labute approximate surface area is 152 Å². The fourth-order valence-electron chi connectivity index (χ4n) is 3.51. The van der Waals surface area contributed by atoms with Crippen molar-refractivity contribution in [3.05, 3.63) is 51.8 Å². The molecule has 1 aliphatic rings. The van der Waals surface area contributed by atoms with E-state index in [1.807, 2.05) is 37.1 Å². The van der Waals surface area contributed by atoms with E-state index in [4.69, 9.17) is 0 Å². The zero-order valence-corrected chi connectivity index (χ0v) is 16.1. The lowest BCUT2D eigenvalue weighted by molar-refractivity contribution is 0.0706. The highest BCUT2D eigenvalue weighted by Crippen LogP contribution is 2.24. The molecule has 0 aliphatic carbocycles. The second-order valence-corrected chi connectivity index (χ2v) is 7.37. The largest absolute Gasteiger partial charge is 0.338 e. The van der Waals surface area contributed by atoms with Crippen LogP contribution in [0.3, 0.4) is 0 Å². The summed E-state index contributed by atoms with van der Waals surface area (Å²) in [4.78, 5) is 14.9. The van der Waals surface area contributed by atoms with Gasteiger partial charge in [0, 0.05) is 40.7 Å². The van der Waals surface area contributed by atoms with Gasteiger partial charge in [-0.2, -0.15) is 0 Å². The van der Waals surface area contributed by atoms with E-state index in [1.54, 1.807) is 0 Å². The predicted octanol–water partition coefficient (Wildman–Crippen LogP) is 3.68. The molecular formula is C19H24BrN3O. The van der Waals surface area contributed by atoms with Crippen LogP contribution in [0.4, 0.5) is 0 Å². The third-order valence-corrected chi connectivity index (χ3v) is 5.47. The van der Waals surface area contributed by atoms with Gasteiger partial charge in [0.1, 0.15) is 0 Å². The zero-order valence-electron chi connectivity index (χ0n) is 14.5. The molecule has 0 bridgehead atoms. The predicted molar refractivity (Wildman–Crippen MR) is 101 cm³/mol. The Kier molecular flexibility index (Phi) is 5.11. The van der Waals surface area contributed by atoms with Crippen LogP contribution in [0.1, 0.15) is 34.6 Å². The van der Waals surface area contributed by atoms with Crippen molar-refractivity contribution < 1.29 is 4.79 Å². The molecule has 1 saturated heterocycles. The molecule has 1 amide bonds. The normalized spacial score (nSPS) is 15.8. The molecule has 2 aromatic rings. The molecule has 0 spiro atoms. The first-order valence-electron chi connectivity index (χ1n) is 8.42. The minimum atomic E-state index is 0.154. The van der Waals surface area contributed by atoms with E-state index in [0.29, 0.717) is 6.04 Å². The molecule has 0 unspecified atom stereocenters. The van der Waals surface area contributed by atoms with Crippen molar-refractivity contribution in [3.63, 3.8) is 0 Å². The van der Waals surface area contributed by atoms with Gasteiger partial charge in [0.15, 0.2) is 0 Å². The van der Waals surface area contributed by atoms with E-state index in [1.165, 1.54) is 0 Å². The molecule has 2 heterocycles. The van der Waals surface area contributed by atoms with E-state index >= 15 is 0 Å². The highest BCUT2D eigenvalue weighted by molar-refractivity contribution is 9.10. The van der Waals surface area contributed by atoms with Crippen LogP contribution in [-0.4, -0.2) is 41.6 Å². The minimum Gasteiger partial charge on any atom is -0.338 e. The molecule has 1 N–H and O–H groups in total. The number of aryl methyl sites for hydroxylation is 1. The molecule has 1 fully saturated rings. The molecule has 0 saturated carbocycles. The lowest BCUT2D eigenvalue weighted by Crippen LogP contribution is -2.44. The lowest BCUT2D eigenvalue weighted by Gasteiger charge is -2.31. The monoisotopic (exact) mass is 389 g/mol. The van der Waals surface area contributed by atoms with Crippen molar-refractivity contribution >= 4 is 21.8 Å². The SMILES string of the molecule is CNC1CCN(C(=O)c2cc(C)n(-c3ccc(Br)cc3)c2C)CC1. The first-order chi connectivity index (χ1) is 11.5. The van der Waals surface area contributed by atoms with Crippen molar-refractivity contribution in [2.45, 2.75) is 32.7 Å². The first kappa shape index (κ1) is 17.2. The van der Waals surface area contributed by atoms with Crippen LogP contribution in [-0.2, 0) is 0 Å². The zero-order chi connectivity index (χ0) is 17.3. The number of benzene rings is 1. The molecule has 0 atom stereocenters. The molecule has 128 valence electrons. The average Bonchev–Trinajstić information content (AvgIpc) is 2.90. The number of piperidine rings is 1. The first-order valence-corrected chi connectivity index (χ1v) is 9.22. The fraction of sp³-hybridized carbons (Fsp3) is 0.421. The van der Waals surface area contributed by atoms with Crippen molar-refractivity contribution in [2.24, 2.45) is 0 Å². The van der Waals surface area contributed by atoms with Gasteiger partial charge in [-0.05, 0) is 64.1 Å². The van der Waals surface area contributed by atoms with E-state index in [2.05, 4.69) is 44.9 Å². The van der Waals surface area contributed by atoms with Gasteiger partial charge in [-0.3, -0.25) is 4.79 Å². The lowest BCUT2D eigenvalue weighted by atomic mass is 10.0. The summed E-state index contributed by atoms with van der Waals surface area (Å²) in [6.07, 6.45) is 2.04. The number of rotatable bonds is 3. The van der Waals surface area contributed by atoms with Crippen molar-refractivity contribution in [1.82, 2.24) is 14.8 Å². The summed E-state index contributed by atoms with van der Waals surface area (Å²) in [6.45, 7) is 5.74. The van der Waals surface area contributed by atoms with Gasteiger partial charge < -0.3 is 14.8 Å². The van der Waals surface area contributed by atoms with Gasteiger partial charge in [0.2, 0.25) is 0 Å². The van der Waals surface area contributed by atoms with Gasteiger partial charge in [-0.25, -0.2) is 0 Å². The Morgan fingerprint density at radius 3 is 2.38 bits per heavy atom. The fourth-order valence-corrected chi connectivity index (χ4v) is 3.77. The molecule has 1 aromatic heterocycles. The van der Waals surface area contributed by atoms with Crippen LogP contribution >= 0.6 is 15.9 Å². The summed E-state index contributed by atoms with van der Waals surface area (Å²) in [7, 11) is 1.99. The Hall–Kier alpha value is -1.59.